The van der Waals surface area contributed by atoms with Gasteiger partial charge in [0.2, 0.25) is 5.91 Å². The number of aliphatic carboxylic acids is 1. The molecular formula is C42H49N3O6. The highest BCUT2D eigenvalue weighted by molar-refractivity contribution is 5.99. The number of aromatic nitrogens is 2. The van der Waals surface area contributed by atoms with Crippen LogP contribution in [0.5, 0.6) is 11.5 Å². The molecule has 0 radical (unpaired) electrons. The zero-order chi connectivity index (χ0) is 36.0. The van der Waals surface area contributed by atoms with Gasteiger partial charge in [0.15, 0.2) is 11.6 Å². The normalized spacial score (nSPS) is 14.6. The first-order valence-corrected chi connectivity index (χ1v) is 18.3. The summed E-state index contributed by atoms with van der Waals surface area (Å²) in [6.07, 6.45) is 11.3. The molecule has 51 heavy (non-hydrogen) atoms. The molecule has 2 heterocycles. The van der Waals surface area contributed by atoms with Crippen molar-refractivity contribution in [1.82, 2.24) is 14.9 Å². The fraction of sp³-hybridized carbons (Fsp3) is 0.405. The van der Waals surface area contributed by atoms with E-state index in [4.69, 9.17) is 9.47 Å². The lowest BCUT2D eigenvalue weighted by Gasteiger charge is -2.23. The Morgan fingerprint density at radius 3 is 2.02 bits per heavy atom. The minimum absolute atomic E-state index is 0.0146. The van der Waals surface area contributed by atoms with Crippen LogP contribution in [0.15, 0.2) is 85.2 Å². The fourth-order valence-electron chi connectivity index (χ4n) is 6.31. The van der Waals surface area contributed by atoms with Gasteiger partial charge in [0, 0.05) is 54.5 Å². The first-order valence-electron chi connectivity index (χ1n) is 18.3. The van der Waals surface area contributed by atoms with Crippen molar-refractivity contribution < 1.29 is 29.0 Å². The number of carboxylic acid groups (broad SMARTS) is 1. The van der Waals surface area contributed by atoms with Crippen LogP contribution in [0.1, 0.15) is 81.1 Å². The average molecular weight is 692 g/mol. The third kappa shape index (κ3) is 10.7. The van der Waals surface area contributed by atoms with Crippen LogP contribution in [0, 0.1) is 11.8 Å². The van der Waals surface area contributed by atoms with E-state index in [0.717, 1.165) is 47.5 Å². The van der Waals surface area contributed by atoms with Crippen LogP contribution in [-0.2, 0) is 16.0 Å². The maximum atomic E-state index is 13.7. The Morgan fingerprint density at radius 1 is 0.765 bits per heavy atom. The monoisotopic (exact) mass is 691 g/mol. The summed E-state index contributed by atoms with van der Waals surface area (Å²) in [7, 11) is 0. The molecule has 1 saturated heterocycles. The predicted octanol–water partition coefficient (Wildman–Crippen LogP) is 8.31. The van der Waals surface area contributed by atoms with E-state index in [1.165, 1.54) is 25.7 Å². The second kappa shape index (κ2) is 18.8. The Balaban J connectivity index is 1.22. The van der Waals surface area contributed by atoms with E-state index in [1.54, 1.807) is 29.2 Å². The molecule has 9 heteroatoms. The average Bonchev–Trinajstić information content (AvgIpc) is 3.67. The summed E-state index contributed by atoms with van der Waals surface area (Å²) in [5.74, 6) is -0.329. The molecule has 1 N–H and O–H groups in total. The SMILES string of the molecule is CCCCCCCOc1ccc(-c2cnc(-c3ccc(C[C@H](CC(=O)c4ccc(OCCC)cc4)C(=O)N4CC[C@H](C(=O)O)C4)cc3)nc2)cc1. The van der Waals surface area contributed by atoms with Crippen LogP contribution in [0.25, 0.3) is 22.5 Å². The van der Waals surface area contributed by atoms with Gasteiger partial charge in [-0.2, -0.15) is 0 Å². The molecule has 0 unspecified atom stereocenters. The highest BCUT2D eigenvalue weighted by Crippen LogP contribution is 2.27. The van der Waals surface area contributed by atoms with Gasteiger partial charge in [-0.05, 0) is 73.2 Å². The molecule has 0 bridgehead atoms. The molecule has 0 spiro atoms. The fourth-order valence-corrected chi connectivity index (χ4v) is 6.31. The van der Waals surface area contributed by atoms with E-state index in [2.05, 4.69) is 16.9 Å². The number of unbranched alkanes of at least 4 members (excludes halogenated alkanes) is 4. The number of ketones is 1. The van der Waals surface area contributed by atoms with Crippen molar-refractivity contribution in [3.05, 3.63) is 96.3 Å². The van der Waals surface area contributed by atoms with Crippen LogP contribution >= 0.6 is 0 Å². The predicted molar refractivity (Wildman–Crippen MR) is 198 cm³/mol. The molecule has 0 aliphatic carbocycles. The summed E-state index contributed by atoms with van der Waals surface area (Å²) in [4.78, 5) is 49.6. The van der Waals surface area contributed by atoms with Gasteiger partial charge in [0.05, 0.1) is 19.1 Å². The van der Waals surface area contributed by atoms with E-state index in [0.29, 0.717) is 43.1 Å². The number of benzene rings is 3. The summed E-state index contributed by atoms with van der Waals surface area (Å²) in [6, 6.07) is 22.7. The van der Waals surface area contributed by atoms with Crippen LogP contribution in [-0.4, -0.2) is 63.9 Å². The molecule has 1 amide bonds. The van der Waals surface area contributed by atoms with Gasteiger partial charge in [-0.1, -0.05) is 75.9 Å². The third-order valence-electron chi connectivity index (χ3n) is 9.33. The lowest BCUT2D eigenvalue weighted by Crippen LogP contribution is -2.37. The Labute approximate surface area is 301 Å². The zero-order valence-corrected chi connectivity index (χ0v) is 29.8. The Hall–Kier alpha value is -5.05. The van der Waals surface area contributed by atoms with Crippen molar-refractivity contribution in [2.75, 3.05) is 26.3 Å². The van der Waals surface area contributed by atoms with Crippen molar-refractivity contribution in [2.45, 2.75) is 71.6 Å². The minimum Gasteiger partial charge on any atom is -0.494 e. The number of ether oxygens (including phenoxy) is 2. The summed E-state index contributed by atoms with van der Waals surface area (Å²) < 4.78 is 11.5. The Morgan fingerprint density at radius 2 is 1.39 bits per heavy atom. The number of carbonyl (C=O) groups excluding carboxylic acids is 2. The second-order valence-corrected chi connectivity index (χ2v) is 13.3. The van der Waals surface area contributed by atoms with Crippen molar-refractivity contribution in [3.8, 4) is 34.0 Å². The zero-order valence-electron chi connectivity index (χ0n) is 29.8. The van der Waals surface area contributed by atoms with E-state index in [1.807, 2.05) is 67.8 Å². The molecule has 4 aromatic rings. The number of likely N-dealkylation sites (tertiary alicyclic amines) is 1. The van der Waals surface area contributed by atoms with Gasteiger partial charge in [-0.25, -0.2) is 9.97 Å². The van der Waals surface area contributed by atoms with E-state index < -0.39 is 17.8 Å². The largest absolute Gasteiger partial charge is 0.494 e. The number of amides is 1. The van der Waals surface area contributed by atoms with Gasteiger partial charge in [-0.3, -0.25) is 14.4 Å². The first kappa shape index (κ1) is 37.2. The van der Waals surface area contributed by atoms with Crippen molar-refractivity contribution in [2.24, 2.45) is 11.8 Å². The van der Waals surface area contributed by atoms with Crippen LogP contribution in [0.3, 0.4) is 0 Å². The maximum absolute atomic E-state index is 13.7. The van der Waals surface area contributed by atoms with Crippen LogP contribution < -0.4 is 9.47 Å². The number of Topliss-reactive ketones (excluding diaryl/α,β-unsaturated/α-hetero) is 1. The molecule has 1 aromatic heterocycles. The van der Waals surface area contributed by atoms with Gasteiger partial charge >= 0.3 is 5.97 Å². The molecule has 2 atom stereocenters. The van der Waals surface area contributed by atoms with E-state index >= 15 is 0 Å². The second-order valence-electron chi connectivity index (χ2n) is 13.3. The standard InChI is InChI=1S/C42H49N3O6/c1-3-5-6-7-8-24-51-38-17-13-31(14-18-38)36-27-43-40(44-28-36)33-11-9-30(10-12-33)25-35(41(47)45-22-21-34(29-45)42(48)49)26-39(46)32-15-19-37(20-16-32)50-23-4-2/h9-20,27-28,34-35H,3-8,21-26,29H2,1-2H3,(H,48,49)/t34-,35+/m0/s1. The van der Waals surface area contributed by atoms with Crippen molar-refractivity contribution in [1.29, 1.82) is 0 Å². The smallest absolute Gasteiger partial charge is 0.308 e. The molecule has 3 aromatic carbocycles. The quantitative estimate of drug-likeness (QED) is 0.0771. The molecule has 9 nitrogen and oxygen atoms in total. The number of hydrogen-bond acceptors (Lipinski definition) is 7. The lowest BCUT2D eigenvalue weighted by atomic mass is 9.90. The summed E-state index contributed by atoms with van der Waals surface area (Å²) in [5, 5.41) is 9.49. The van der Waals surface area contributed by atoms with Gasteiger partial charge in [0.25, 0.3) is 0 Å². The third-order valence-corrected chi connectivity index (χ3v) is 9.33. The summed E-state index contributed by atoms with van der Waals surface area (Å²) in [5.41, 5.74) is 4.15. The lowest BCUT2D eigenvalue weighted by molar-refractivity contribution is -0.141. The van der Waals surface area contributed by atoms with E-state index in [9.17, 15) is 19.5 Å². The highest BCUT2D eigenvalue weighted by atomic mass is 16.5. The van der Waals surface area contributed by atoms with Crippen molar-refractivity contribution >= 4 is 17.7 Å². The number of nitrogens with zero attached hydrogens (tertiary/aromatic N) is 3. The van der Waals surface area contributed by atoms with Crippen molar-refractivity contribution in [3.63, 3.8) is 0 Å². The number of hydrogen-bond donors (Lipinski definition) is 1. The molecule has 268 valence electrons. The number of rotatable bonds is 19. The number of carboxylic acids is 1. The molecule has 5 rings (SSSR count). The summed E-state index contributed by atoms with van der Waals surface area (Å²) >= 11 is 0. The molecule has 0 saturated carbocycles. The van der Waals surface area contributed by atoms with Crippen LogP contribution in [0.2, 0.25) is 0 Å². The topological polar surface area (TPSA) is 119 Å². The summed E-state index contributed by atoms with van der Waals surface area (Å²) in [6.45, 7) is 6.09. The van der Waals surface area contributed by atoms with Crippen LogP contribution in [0.4, 0.5) is 0 Å². The molecule has 1 aliphatic heterocycles. The molecular weight excluding hydrogens is 642 g/mol. The van der Waals surface area contributed by atoms with Gasteiger partial charge < -0.3 is 19.5 Å². The van der Waals surface area contributed by atoms with E-state index in [-0.39, 0.29) is 24.7 Å². The number of carbonyl (C=O) groups is 3. The minimum atomic E-state index is -0.902. The highest BCUT2D eigenvalue weighted by Gasteiger charge is 2.35. The first-order chi connectivity index (χ1) is 24.8. The van der Waals surface area contributed by atoms with Gasteiger partial charge in [-0.15, -0.1) is 0 Å². The van der Waals surface area contributed by atoms with Gasteiger partial charge in [0.1, 0.15) is 11.5 Å². The Bertz CT molecular complexity index is 1710. The Kier molecular flexibility index (Phi) is 13.7. The maximum Gasteiger partial charge on any atom is 0.308 e. The molecule has 1 aliphatic rings. The molecule has 1 fully saturated rings.